The van der Waals surface area contributed by atoms with E-state index < -0.39 is 28.2 Å². The molecular formula is C26H28F2N4O3S. The molecule has 0 saturated carbocycles. The van der Waals surface area contributed by atoms with E-state index in [1.54, 1.807) is 4.90 Å². The van der Waals surface area contributed by atoms with Gasteiger partial charge in [0.05, 0.1) is 10.6 Å². The first-order valence-corrected chi connectivity index (χ1v) is 13.2. The maximum atomic E-state index is 14.4. The minimum Gasteiger partial charge on any atom is -0.342 e. The number of likely N-dealkylation sites (tertiary alicyclic amines) is 1. The number of rotatable bonds is 5. The van der Waals surface area contributed by atoms with Crippen LogP contribution in [0.15, 0.2) is 42.5 Å². The molecule has 1 N–H and O–H groups in total. The Kier molecular flexibility index (Phi) is 6.87. The summed E-state index contributed by atoms with van der Waals surface area (Å²) in [4.78, 5) is 43.6. The van der Waals surface area contributed by atoms with Crippen molar-refractivity contribution < 1.29 is 23.2 Å². The predicted molar refractivity (Wildman–Crippen MR) is 135 cm³/mol. The number of halogens is 2. The van der Waals surface area contributed by atoms with E-state index in [0.717, 1.165) is 23.4 Å². The number of benzene rings is 2. The summed E-state index contributed by atoms with van der Waals surface area (Å²) < 4.78 is 28.8. The molecule has 2 fully saturated rings. The second-order valence-electron chi connectivity index (χ2n) is 9.30. The summed E-state index contributed by atoms with van der Waals surface area (Å²) in [6.07, 6.45) is 1.78. The van der Waals surface area contributed by atoms with Gasteiger partial charge in [-0.15, -0.1) is 11.8 Å². The fourth-order valence-corrected chi connectivity index (χ4v) is 6.60. The summed E-state index contributed by atoms with van der Waals surface area (Å²) in [5.74, 6) is -2.18. The zero-order chi connectivity index (χ0) is 25.4. The van der Waals surface area contributed by atoms with Gasteiger partial charge in [0, 0.05) is 37.8 Å². The van der Waals surface area contributed by atoms with Gasteiger partial charge in [-0.05, 0) is 43.0 Å². The van der Waals surface area contributed by atoms with Gasteiger partial charge in [0.1, 0.15) is 17.3 Å². The highest BCUT2D eigenvalue weighted by atomic mass is 32.2. The first-order valence-electron chi connectivity index (χ1n) is 12.2. The third-order valence-corrected chi connectivity index (χ3v) is 8.68. The second kappa shape index (κ2) is 10.1. The first kappa shape index (κ1) is 24.5. The predicted octanol–water partition coefficient (Wildman–Crippen LogP) is 4.58. The number of piperidine rings is 1. The summed E-state index contributed by atoms with van der Waals surface area (Å²) >= 11 is 1.28. The van der Waals surface area contributed by atoms with Gasteiger partial charge in [-0.1, -0.05) is 31.2 Å². The van der Waals surface area contributed by atoms with E-state index in [1.807, 2.05) is 36.1 Å². The Labute approximate surface area is 212 Å². The van der Waals surface area contributed by atoms with Crippen molar-refractivity contribution in [3.63, 3.8) is 0 Å². The van der Waals surface area contributed by atoms with Crippen LogP contribution in [0.2, 0.25) is 0 Å². The van der Waals surface area contributed by atoms with E-state index in [2.05, 4.69) is 5.32 Å². The largest absolute Gasteiger partial charge is 0.342 e. The van der Waals surface area contributed by atoms with Gasteiger partial charge in [-0.25, -0.2) is 13.6 Å². The Balaban J connectivity index is 1.20. The molecule has 36 heavy (non-hydrogen) atoms. The van der Waals surface area contributed by atoms with Gasteiger partial charge >= 0.3 is 6.03 Å². The summed E-state index contributed by atoms with van der Waals surface area (Å²) in [5.41, 5.74) is 1.55. The molecule has 5 rings (SSSR count). The number of nitrogens with zero attached hydrogens (tertiary/aromatic N) is 3. The normalized spacial score (nSPS) is 22.6. The van der Waals surface area contributed by atoms with Crippen molar-refractivity contribution in [1.29, 1.82) is 0 Å². The molecule has 4 amide bonds. The van der Waals surface area contributed by atoms with Crippen LogP contribution in [0, 0.1) is 11.6 Å². The lowest BCUT2D eigenvalue weighted by molar-refractivity contribution is -0.134. The van der Waals surface area contributed by atoms with Crippen LogP contribution in [0.1, 0.15) is 38.2 Å². The highest BCUT2D eigenvalue weighted by Gasteiger charge is 2.44. The van der Waals surface area contributed by atoms with Crippen molar-refractivity contribution in [2.45, 2.75) is 55.8 Å². The molecule has 3 heterocycles. The number of amides is 4. The number of nitrogens with one attached hydrogen (secondary N) is 1. The fourth-order valence-electron chi connectivity index (χ4n) is 5.23. The molecule has 2 aromatic rings. The van der Waals surface area contributed by atoms with Crippen molar-refractivity contribution in [3.05, 3.63) is 59.7 Å². The quantitative estimate of drug-likeness (QED) is 0.634. The van der Waals surface area contributed by atoms with Crippen LogP contribution in [0.3, 0.4) is 0 Å². The molecule has 2 atom stereocenters. The SMILES string of the molecule is CCC1SC(CC(=O)N2CCC(N3Cc4ccccc4NC3=O)CC2)C(=O)N1c1c(F)cccc1F. The molecule has 2 aromatic carbocycles. The molecule has 2 saturated heterocycles. The molecule has 0 aromatic heterocycles. The molecule has 0 radical (unpaired) electrons. The van der Waals surface area contributed by atoms with E-state index in [1.165, 1.54) is 22.7 Å². The zero-order valence-corrected chi connectivity index (χ0v) is 20.8. The number of para-hydroxylation sites is 2. The minimum atomic E-state index is -0.791. The monoisotopic (exact) mass is 514 g/mol. The number of hydrogen-bond donors (Lipinski definition) is 1. The highest BCUT2D eigenvalue weighted by molar-refractivity contribution is 8.02. The van der Waals surface area contributed by atoms with Crippen LogP contribution in [-0.2, 0) is 16.1 Å². The van der Waals surface area contributed by atoms with Crippen LogP contribution in [-0.4, -0.2) is 57.4 Å². The summed E-state index contributed by atoms with van der Waals surface area (Å²) in [6.45, 7) is 3.36. The van der Waals surface area contributed by atoms with Gasteiger partial charge in [0.2, 0.25) is 11.8 Å². The molecule has 10 heteroatoms. The fraction of sp³-hybridized carbons (Fsp3) is 0.423. The highest BCUT2D eigenvalue weighted by Crippen LogP contribution is 2.41. The number of hydrogen-bond acceptors (Lipinski definition) is 4. The molecule has 190 valence electrons. The molecule has 3 aliphatic heterocycles. The van der Waals surface area contributed by atoms with Gasteiger partial charge < -0.3 is 15.1 Å². The number of carbonyl (C=O) groups is 3. The Morgan fingerprint density at radius 2 is 1.75 bits per heavy atom. The molecule has 0 aliphatic carbocycles. The number of thioether (sulfide) groups is 1. The summed E-state index contributed by atoms with van der Waals surface area (Å²) in [7, 11) is 0. The Bertz CT molecular complexity index is 1170. The van der Waals surface area contributed by atoms with E-state index in [0.29, 0.717) is 38.9 Å². The van der Waals surface area contributed by atoms with E-state index in [9.17, 15) is 23.2 Å². The third-order valence-electron chi connectivity index (χ3n) is 7.13. The summed E-state index contributed by atoms with van der Waals surface area (Å²) in [5, 5.41) is 1.81. The number of fused-ring (bicyclic) bond motifs is 1. The number of urea groups is 1. The second-order valence-corrected chi connectivity index (χ2v) is 10.7. The average Bonchev–Trinajstić information content (AvgIpc) is 3.18. The average molecular weight is 515 g/mol. The number of carbonyl (C=O) groups excluding carboxylic acids is 3. The standard InChI is InChI=1S/C26H28F2N4O3S/c1-2-23-32(24-18(27)7-5-8-19(24)28)25(34)21(36-23)14-22(33)30-12-10-17(11-13-30)31-15-16-6-3-4-9-20(16)29-26(31)35/h3-9,17,21,23H,2,10-15H2,1H3,(H,29,35). The molecule has 0 bridgehead atoms. The molecule has 7 nitrogen and oxygen atoms in total. The molecular weight excluding hydrogens is 486 g/mol. The minimum absolute atomic E-state index is 0.0190. The van der Waals surface area contributed by atoms with Gasteiger partial charge in [-0.3, -0.25) is 14.5 Å². The van der Waals surface area contributed by atoms with Crippen LogP contribution in [0.25, 0.3) is 0 Å². The maximum absolute atomic E-state index is 14.4. The van der Waals surface area contributed by atoms with Crippen molar-refractivity contribution in [2.24, 2.45) is 0 Å². The third kappa shape index (κ3) is 4.54. The topological polar surface area (TPSA) is 73.0 Å². The van der Waals surface area contributed by atoms with Crippen LogP contribution in [0.4, 0.5) is 25.0 Å². The first-order chi connectivity index (χ1) is 17.4. The van der Waals surface area contributed by atoms with E-state index in [4.69, 9.17) is 0 Å². The maximum Gasteiger partial charge on any atom is 0.322 e. The van der Waals surface area contributed by atoms with Crippen molar-refractivity contribution in [3.8, 4) is 0 Å². The lowest BCUT2D eigenvalue weighted by Gasteiger charge is -2.40. The van der Waals surface area contributed by atoms with Crippen LogP contribution < -0.4 is 10.2 Å². The lowest BCUT2D eigenvalue weighted by atomic mass is 10.0. The molecule has 0 spiro atoms. The van der Waals surface area contributed by atoms with E-state index in [-0.39, 0.29) is 30.1 Å². The van der Waals surface area contributed by atoms with Gasteiger partial charge in [0.15, 0.2) is 0 Å². The zero-order valence-electron chi connectivity index (χ0n) is 20.0. The lowest BCUT2D eigenvalue weighted by Crippen LogP contribution is -2.51. The smallest absolute Gasteiger partial charge is 0.322 e. The van der Waals surface area contributed by atoms with Crippen LogP contribution in [0.5, 0.6) is 0 Å². The van der Waals surface area contributed by atoms with Crippen molar-refractivity contribution >= 4 is 41.0 Å². The van der Waals surface area contributed by atoms with Crippen molar-refractivity contribution in [1.82, 2.24) is 9.80 Å². The van der Waals surface area contributed by atoms with Crippen LogP contribution >= 0.6 is 11.8 Å². The van der Waals surface area contributed by atoms with Gasteiger partial charge in [-0.2, -0.15) is 0 Å². The Morgan fingerprint density at radius 3 is 2.44 bits per heavy atom. The Morgan fingerprint density at radius 1 is 1.06 bits per heavy atom. The molecule has 3 aliphatic rings. The summed E-state index contributed by atoms with van der Waals surface area (Å²) in [6, 6.07) is 11.1. The molecule has 2 unspecified atom stereocenters. The van der Waals surface area contributed by atoms with E-state index >= 15 is 0 Å². The van der Waals surface area contributed by atoms with Crippen molar-refractivity contribution in [2.75, 3.05) is 23.3 Å². The number of anilines is 2. The Hall–Kier alpha value is -3.14. The van der Waals surface area contributed by atoms with Gasteiger partial charge in [0.25, 0.3) is 0 Å².